The van der Waals surface area contributed by atoms with E-state index in [1.165, 1.54) is 0 Å². The first kappa shape index (κ1) is 12.6. The summed E-state index contributed by atoms with van der Waals surface area (Å²) in [5, 5.41) is 3.41. The van der Waals surface area contributed by atoms with Crippen LogP contribution in [0.1, 0.15) is 24.3 Å². The van der Waals surface area contributed by atoms with Gasteiger partial charge in [-0.2, -0.15) is 0 Å². The van der Waals surface area contributed by atoms with E-state index in [4.69, 9.17) is 13.9 Å². The summed E-state index contributed by atoms with van der Waals surface area (Å²) in [6.07, 6.45) is 0. The van der Waals surface area contributed by atoms with E-state index in [0.717, 1.165) is 27.5 Å². The third-order valence-electron chi connectivity index (χ3n) is 3.11. The Hall–Kier alpha value is -1.46. The molecule has 1 aliphatic rings. The largest absolute Gasteiger partial charge is 0.454 e. The Kier molecular flexibility index (Phi) is 3.48. The Labute approximate surface area is 119 Å². The summed E-state index contributed by atoms with van der Waals surface area (Å²) >= 11 is 3.29. The smallest absolute Gasteiger partial charge is 0.231 e. The number of fused-ring (bicyclic) bond motifs is 1. The van der Waals surface area contributed by atoms with Crippen molar-refractivity contribution in [2.45, 2.75) is 19.5 Å². The summed E-state index contributed by atoms with van der Waals surface area (Å²) in [7, 11) is 0. The van der Waals surface area contributed by atoms with Gasteiger partial charge in [0.2, 0.25) is 6.79 Å². The van der Waals surface area contributed by atoms with Crippen LogP contribution in [0.25, 0.3) is 0 Å². The molecule has 0 saturated carbocycles. The molecule has 3 rings (SSSR count). The molecule has 1 aliphatic heterocycles. The van der Waals surface area contributed by atoms with Crippen LogP contribution in [-0.4, -0.2) is 6.79 Å². The molecule has 0 radical (unpaired) electrons. The lowest BCUT2D eigenvalue weighted by Gasteiger charge is -2.13. The quantitative estimate of drug-likeness (QED) is 0.933. The van der Waals surface area contributed by atoms with Gasteiger partial charge in [-0.15, -0.1) is 0 Å². The second kappa shape index (κ2) is 5.27. The molecular formula is C14H14BrNO3. The highest BCUT2D eigenvalue weighted by atomic mass is 79.9. The van der Waals surface area contributed by atoms with E-state index < -0.39 is 0 Å². The monoisotopic (exact) mass is 323 g/mol. The molecule has 1 N–H and O–H groups in total. The molecule has 1 aromatic heterocycles. The molecule has 0 saturated heterocycles. The predicted octanol–water partition coefficient (Wildman–Crippen LogP) is 3.62. The molecule has 1 aromatic carbocycles. The predicted molar refractivity (Wildman–Crippen MR) is 74.2 cm³/mol. The van der Waals surface area contributed by atoms with Crippen molar-refractivity contribution < 1.29 is 13.9 Å². The lowest BCUT2D eigenvalue weighted by molar-refractivity contribution is 0.174. The number of benzene rings is 1. The number of rotatable bonds is 4. The number of hydrogen-bond donors (Lipinski definition) is 1. The topological polar surface area (TPSA) is 43.6 Å². The number of ether oxygens (including phenoxy) is 2. The summed E-state index contributed by atoms with van der Waals surface area (Å²) in [6.45, 7) is 3.09. The Morgan fingerprint density at radius 3 is 2.84 bits per heavy atom. The van der Waals surface area contributed by atoms with E-state index in [2.05, 4.69) is 28.2 Å². The van der Waals surface area contributed by atoms with E-state index in [1.807, 2.05) is 30.3 Å². The molecule has 100 valence electrons. The average molecular weight is 324 g/mol. The van der Waals surface area contributed by atoms with E-state index in [0.29, 0.717) is 13.3 Å². The molecule has 4 nitrogen and oxygen atoms in total. The first-order valence-corrected chi connectivity index (χ1v) is 6.89. The van der Waals surface area contributed by atoms with Crippen LogP contribution in [0.2, 0.25) is 0 Å². The first-order chi connectivity index (χ1) is 9.22. The molecule has 0 amide bonds. The van der Waals surface area contributed by atoms with Gasteiger partial charge in [0.25, 0.3) is 0 Å². The zero-order valence-electron chi connectivity index (χ0n) is 10.5. The Morgan fingerprint density at radius 1 is 1.21 bits per heavy atom. The third-order valence-corrected chi connectivity index (χ3v) is 3.53. The molecule has 2 aromatic rings. The highest BCUT2D eigenvalue weighted by Crippen LogP contribution is 2.34. The van der Waals surface area contributed by atoms with Crippen molar-refractivity contribution in [3.05, 3.63) is 46.3 Å². The van der Waals surface area contributed by atoms with Gasteiger partial charge in [0, 0.05) is 6.04 Å². The minimum Gasteiger partial charge on any atom is -0.454 e. The maximum absolute atomic E-state index is 5.45. The van der Waals surface area contributed by atoms with Gasteiger partial charge >= 0.3 is 0 Å². The van der Waals surface area contributed by atoms with Crippen molar-refractivity contribution in [2.24, 2.45) is 0 Å². The molecular weight excluding hydrogens is 310 g/mol. The van der Waals surface area contributed by atoms with Gasteiger partial charge in [0.15, 0.2) is 16.2 Å². The van der Waals surface area contributed by atoms with E-state index in [-0.39, 0.29) is 6.04 Å². The standard InChI is InChI=1S/C14H14BrNO3/c1-9(16-7-11-3-5-14(15)19-11)10-2-4-12-13(6-10)18-8-17-12/h2-6,9,16H,7-8H2,1H3. The molecule has 0 fully saturated rings. The van der Waals surface area contributed by atoms with Crippen molar-refractivity contribution in [1.82, 2.24) is 5.32 Å². The zero-order chi connectivity index (χ0) is 13.2. The lowest BCUT2D eigenvalue weighted by atomic mass is 10.1. The molecule has 5 heteroatoms. The Morgan fingerprint density at radius 2 is 2.05 bits per heavy atom. The Balaban J connectivity index is 1.65. The molecule has 0 aliphatic carbocycles. The molecule has 1 unspecified atom stereocenters. The third kappa shape index (κ3) is 2.77. The average Bonchev–Trinajstić information content (AvgIpc) is 3.03. The minimum atomic E-state index is 0.207. The molecule has 19 heavy (non-hydrogen) atoms. The highest BCUT2D eigenvalue weighted by Gasteiger charge is 2.15. The van der Waals surface area contributed by atoms with Gasteiger partial charge in [0.05, 0.1) is 6.54 Å². The lowest BCUT2D eigenvalue weighted by Crippen LogP contribution is -2.17. The summed E-state index contributed by atoms with van der Waals surface area (Å²) in [4.78, 5) is 0. The van der Waals surface area contributed by atoms with Crippen LogP contribution >= 0.6 is 15.9 Å². The van der Waals surface area contributed by atoms with Crippen molar-refractivity contribution in [3.8, 4) is 11.5 Å². The van der Waals surface area contributed by atoms with Crippen molar-refractivity contribution in [3.63, 3.8) is 0 Å². The molecule has 1 atom stereocenters. The van der Waals surface area contributed by atoms with Gasteiger partial charge < -0.3 is 19.2 Å². The first-order valence-electron chi connectivity index (χ1n) is 6.09. The van der Waals surface area contributed by atoms with Crippen molar-refractivity contribution >= 4 is 15.9 Å². The van der Waals surface area contributed by atoms with E-state index in [9.17, 15) is 0 Å². The normalized spacial score (nSPS) is 14.6. The number of halogens is 1. The van der Waals surface area contributed by atoms with Crippen molar-refractivity contribution in [2.75, 3.05) is 6.79 Å². The maximum Gasteiger partial charge on any atom is 0.231 e. The molecule has 0 spiro atoms. The number of nitrogens with one attached hydrogen (secondary N) is 1. The summed E-state index contributed by atoms with van der Waals surface area (Å²) < 4.78 is 16.9. The van der Waals surface area contributed by atoms with E-state index >= 15 is 0 Å². The van der Waals surface area contributed by atoms with Crippen LogP contribution in [0, 0.1) is 0 Å². The van der Waals surface area contributed by atoms with E-state index in [1.54, 1.807) is 0 Å². The summed E-state index contributed by atoms with van der Waals surface area (Å²) in [5.41, 5.74) is 1.16. The van der Waals surface area contributed by atoms with Gasteiger partial charge in [-0.25, -0.2) is 0 Å². The fraction of sp³-hybridized carbons (Fsp3) is 0.286. The van der Waals surface area contributed by atoms with Gasteiger partial charge in [-0.1, -0.05) is 6.07 Å². The zero-order valence-corrected chi connectivity index (χ0v) is 12.1. The fourth-order valence-corrected chi connectivity index (χ4v) is 2.34. The van der Waals surface area contributed by atoms with Gasteiger partial charge in [-0.05, 0) is 52.7 Å². The minimum absolute atomic E-state index is 0.207. The maximum atomic E-state index is 5.45. The fourth-order valence-electron chi connectivity index (χ4n) is 2.00. The van der Waals surface area contributed by atoms with Crippen LogP contribution in [0.5, 0.6) is 11.5 Å². The Bertz CT molecular complexity index is 582. The summed E-state index contributed by atoms with van der Waals surface area (Å²) in [5.74, 6) is 2.53. The van der Waals surface area contributed by atoms with Gasteiger partial charge in [-0.3, -0.25) is 0 Å². The van der Waals surface area contributed by atoms with Crippen LogP contribution in [-0.2, 0) is 6.54 Å². The second-order valence-electron chi connectivity index (χ2n) is 4.42. The van der Waals surface area contributed by atoms with Crippen LogP contribution in [0.15, 0.2) is 39.4 Å². The number of furan rings is 1. The van der Waals surface area contributed by atoms with Gasteiger partial charge in [0.1, 0.15) is 5.76 Å². The molecule has 2 heterocycles. The van der Waals surface area contributed by atoms with Crippen molar-refractivity contribution in [1.29, 1.82) is 0 Å². The van der Waals surface area contributed by atoms with Crippen LogP contribution in [0.4, 0.5) is 0 Å². The second-order valence-corrected chi connectivity index (χ2v) is 5.20. The summed E-state index contributed by atoms with van der Waals surface area (Å²) in [6, 6.07) is 10.0. The van der Waals surface area contributed by atoms with Crippen LogP contribution < -0.4 is 14.8 Å². The molecule has 0 bridgehead atoms. The highest BCUT2D eigenvalue weighted by molar-refractivity contribution is 9.10. The van der Waals surface area contributed by atoms with Crippen LogP contribution in [0.3, 0.4) is 0 Å². The number of hydrogen-bond acceptors (Lipinski definition) is 4. The SMILES string of the molecule is CC(NCc1ccc(Br)o1)c1ccc2c(c1)OCO2.